The lowest BCUT2D eigenvalue weighted by Crippen LogP contribution is -2.22. The zero-order chi connectivity index (χ0) is 14.2. The summed E-state index contributed by atoms with van der Waals surface area (Å²) in [5.74, 6) is 0.594. The molecule has 2 heterocycles. The lowest BCUT2D eigenvalue weighted by atomic mass is 10.1. The smallest absolute Gasteiger partial charge is 0.229 e. The van der Waals surface area contributed by atoms with Gasteiger partial charge in [0, 0.05) is 30.3 Å². The Morgan fingerprint density at radius 2 is 2.19 bits per heavy atom. The topological polar surface area (TPSA) is 54.0 Å². The van der Waals surface area contributed by atoms with Gasteiger partial charge in [-0.2, -0.15) is 0 Å². The number of amides is 1. The fourth-order valence-corrected chi connectivity index (χ4v) is 3.91. The number of aromatic nitrogens is 1. The Labute approximate surface area is 127 Å². The molecule has 1 aliphatic carbocycles. The van der Waals surface area contributed by atoms with E-state index >= 15 is 0 Å². The van der Waals surface area contributed by atoms with E-state index in [4.69, 9.17) is 0 Å². The molecule has 0 saturated heterocycles. The molecule has 2 N–H and O–H groups in total. The highest BCUT2D eigenvalue weighted by Crippen LogP contribution is 2.48. The van der Waals surface area contributed by atoms with Crippen molar-refractivity contribution in [3.05, 3.63) is 46.5 Å². The Balaban J connectivity index is 1.42. The van der Waals surface area contributed by atoms with Crippen LogP contribution in [-0.2, 0) is 17.8 Å². The number of fused-ring (bicyclic) bond motifs is 1. The van der Waals surface area contributed by atoms with Crippen molar-refractivity contribution >= 4 is 22.4 Å². The number of anilines is 1. The summed E-state index contributed by atoms with van der Waals surface area (Å²) in [7, 11) is 0. The average molecular weight is 299 g/mol. The van der Waals surface area contributed by atoms with Crippen LogP contribution in [-0.4, -0.2) is 17.4 Å². The minimum atomic E-state index is 0.103. The van der Waals surface area contributed by atoms with Gasteiger partial charge in [-0.25, -0.2) is 4.98 Å². The molecule has 2 atom stereocenters. The molecule has 1 aliphatic heterocycles. The fraction of sp³-hybridized carbons (Fsp3) is 0.375. The van der Waals surface area contributed by atoms with Gasteiger partial charge < -0.3 is 10.6 Å². The third-order valence-corrected chi connectivity index (χ3v) is 5.20. The van der Waals surface area contributed by atoms with Gasteiger partial charge in [-0.3, -0.25) is 4.79 Å². The highest BCUT2D eigenvalue weighted by Gasteiger charge is 2.44. The third-order valence-electron chi connectivity index (χ3n) is 4.19. The summed E-state index contributed by atoms with van der Waals surface area (Å²) in [5, 5.41) is 7.09. The first-order valence-electron chi connectivity index (χ1n) is 7.36. The first-order valence-corrected chi connectivity index (χ1v) is 8.18. The Morgan fingerprint density at radius 3 is 3.00 bits per heavy atom. The lowest BCUT2D eigenvalue weighted by molar-refractivity contribution is -0.117. The minimum Gasteiger partial charge on any atom is -0.311 e. The molecule has 2 aliphatic rings. The molecular weight excluding hydrogens is 282 g/mol. The van der Waals surface area contributed by atoms with Gasteiger partial charge in [0.1, 0.15) is 0 Å². The van der Waals surface area contributed by atoms with Crippen molar-refractivity contribution in [1.29, 1.82) is 0 Å². The summed E-state index contributed by atoms with van der Waals surface area (Å²) in [6.07, 6.45) is 1.90. The van der Waals surface area contributed by atoms with Gasteiger partial charge in [0.05, 0.1) is 5.69 Å². The van der Waals surface area contributed by atoms with E-state index in [2.05, 4.69) is 27.8 Å². The number of thiazole rings is 1. The van der Waals surface area contributed by atoms with Gasteiger partial charge in [-0.05, 0) is 17.9 Å². The standard InChI is InChI=1S/C16H17N3OS/c20-15(12-8-11(12)10-4-2-1-3-5-10)19-16-18-13-6-7-17-9-14(13)21-16/h1-5,11-12,17H,6-9H2,(H,18,19,20). The number of nitrogens with zero attached hydrogens (tertiary/aromatic N) is 1. The van der Waals surface area contributed by atoms with Crippen LogP contribution in [0.4, 0.5) is 5.13 Å². The molecule has 4 nitrogen and oxygen atoms in total. The second-order valence-corrected chi connectivity index (χ2v) is 6.75. The quantitative estimate of drug-likeness (QED) is 0.915. The zero-order valence-corrected chi connectivity index (χ0v) is 12.5. The number of nitrogens with one attached hydrogen (secondary N) is 2. The number of carbonyl (C=O) groups is 1. The molecule has 2 aromatic rings. The molecule has 1 fully saturated rings. The van der Waals surface area contributed by atoms with Crippen LogP contribution in [0.2, 0.25) is 0 Å². The fourth-order valence-electron chi connectivity index (χ4n) is 2.93. The summed E-state index contributed by atoms with van der Waals surface area (Å²) in [5.41, 5.74) is 2.41. The highest BCUT2D eigenvalue weighted by atomic mass is 32.1. The van der Waals surface area contributed by atoms with Crippen LogP contribution in [0.25, 0.3) is 0 Å². The molecule has 1 amide bonds. The van der Waals surface area contributed by atoms with Gasteiger partial charge in [-0.15, -0.1) is 11.3 Å². The summed E-state index contributed by atoms with van der Waals surface area (Å²) in [6.45, 7) is 1.85. The van der Waals surface area contributed by atoms with Gasteiger partial charge in [-0.1, -0.05) is 30.3 Å². The number of hydrogen-bond donors (Lipinski definition) is 2. The van der Waals surface area contributed by atoms with Crippen LogP contribution in [0.3, 0.4) is 0 Å². The Kier molecular flexibility index (Phi) is 3.24. The van der Waals surface area contributed by atoms with Crippen LogP contribution in [0.1, 0.15) is 28.5 Å². The molecule has 0 bridgehead atoms. The molecule has 0 spiro atoms. The zero-order valence-electron chi connectivity index (χ0n) is 11.6. The van der Waals surface area contributed by atoms with Crippen molar-refractivity contribution in [2.75, 3.05) is 11.9 Å². The Bertz CT molecular complexity index is 644. The van der Waals surface area contributed by atoms with Crippen molar-refractivity contribution in [2.45, 2.75) is 25.3 Å². The second kappa shape index (κ2) is 5.24. The Morgan fingerprint density at radius 1 is 1.33 bits per heavy atom. The number of rotatable bonds is 3. The van der Waals surface area contributed by atoms with Crippen LogP contribution >= 0.6 is 11.3 Å². The van der Waals surface area contributed by atoms with E-state index in [0.29, 0.717) is 5.92 Å². The molecule has 1 saturated carbocycles. The molecule has 2 unspecified atom stereocenters. The van der Waals surface area contributed by atoms with E-state index in [1.165, 1.54) is 10.4 Å². The van der Waals surface area contributed by atoms with E-state index in [9.17, 15) is 4.79 Å². The predicted molar refractivity (Wildman–Crippen MR) is 83.4 cm³/mol. The van der Waals surface area contributed by atoms with E-state index < -0.39 is 0 Å². The first-order chi connectivity index (χ1) is 10.3. The van der Waals surface area contributed by atoms with Gasteiger partial charge in [0.2, 0.25) is 5.91 Å². The van der Waals surface area contributed by atoms with E-state index in [1.54, 1.807) is 11.3 Å². The third kappa shape index (κ3) is 2.59. The number of benzene rings is 1. The molecule has 0 radical (unpaired) electrons. The van der Waals surface area contributed by atoms with Crippen molar-refractivity contribution < 1.29 is 4.79 Å². The summed E-state index contributed by atoms with van der Waals surface area (Å²) < 4.78 is 0. The van der Waals surface area contributed by atoms with Crippen LogP contribution in [0.5, 0.6) is 0 Å². The molecular formula is C16H17N3OS. The van der Waals surface area contributed by atoms with E-state index in [1.807, 2.05) is 18.2 Å². The maximum Gasteiger partial charge on any atom is 0.229 e. The van der Waals surface area contributed by atoms with Crippen LogP contribution in [0, 0.1) is 5.92 Å². The number of hydrogen-bond acceptors (Lipinski definition) is 4. The maximum atomic E-state index is 12.3. The van der Waals surface area contributed by atoms with Crippen molar-refractivity contribution in [3.63, 3.8) is 0 Å². The SMILES string of the molecule is O=C(Nc1nc2c(s1)CNCC2)C1CC1c1ccccc1. The summed E-state index contributed by atoms with van der Waals surface area (Å²) in [4.78, 5) is 18.1. The van der Waals surface area contributed by atoms with E-state index in [-0.39, 0.29) is 11.8 Å². The lowest BCUT2D eigenvalue weighted by Gasteiger charge is -2.09. The van der Waals surface area contributed by atoms with Crippen molar-refractivity contribution in [1.82, 2.24) is 10.3 Å². The van der Waals surface area contributed by atoms with Crippen LogP contribution in [0.15, 0.2) is 30.3 Å². The molecule has 1 aromatic carbocycles. The van der Waals surface area contributed by atoms with Gasteiger partial charge in [0.15, 0.2) is 5.13 Å². The molecule has 108 valence electrons. The second-order valence-electron chi connectivity index (χ2n) is 5.66. The van der Waals surface area contributed by atoms with Crippen molar-refractivity contribution in [2.24, 2.45) is 5.92 Å². The Hall–Kier alpha value is -1.72. The highest BCUT2D eigenvalue weighted by molar-refractivity contribution is 7.15. The molecule has 5 heteroatoms. The monoisotopic (exact) mass is 299 g/mol. The summed E-state index contributed by atoms with van der Waals surface area (Å²) in [6, 6.07) is 10.3. The minimum absolute atomic E-state index is 0.103. The normalized spacial score (nSPS) is 23.4. The van der Waals surface area contributed by atoms with Gasteiger partial charge in [0.25, 0.3) is 0 Å². The van der Waals surface area contributed by atoms with E-state index in [0.717, 1.165) is 36.8 Å². The number of carbonyl (C=O) groups excluding carboxylic acids is 1. The molecule has 21 heavy (non-hydrogen) atoms. The maximum absolute atomic E-state index is 12.3. The molecule has 4 rings (SSSR count). The molecule has 1 aromatic heterocycles. The van der Waals surface area contributed by atoms with Gasteiger partial charge >= 0.3 is 0 Å². The van der Waals surface area contributed by atoms with Crippen molar-refractivity contribution in [3.8, 4) is 0 Å². The van der Waals surface area contributed by atoms with Crippen LogP contribution < -0.4 is 10.6 Å². The predicted octanol–water partition coefficient (Wildman–Crippen LogP) is 2.53. The summed E-state index contributed by atoms with van der Waals surface area (Å²) >= 11 is 1.60. The average Bonchev–Trinajstić information content (AvgIpc) is 3.22. The first kappa shape index (κ1) is 13.0. The largest absolute Gasteiger partial charge is 0.311 e.